The highest BCUT2D eigenvalue weighted by molar-refractivity contribution is 7.80. The van der Waals surface area contributed by atoms with Crippen LogP contribution in [-0.4, -0.2) is 16.8 Å². The van der Waals surface area contributed by atoms with Gasteiger partial charge in [0.1, 0.15) is 0 Å². The molecule has 2 aromatic rings. The first kappa shape index (κ1) is 20.3. The van der Waals surface area contributed by atoms with E-state index in [9.17, 15) is 9.59 Å². The topological polar surface area (TPSA) is 70.2 Å². The molecule has 1 amide bonds. The van der Waals surface area contributed by atoms with Crippen LogP contribution in [-0.2, 0) is 17.6 Å². The zero-order valence-electron chi connectivity index (χ0n) is 15.4. The Morgan fingerprint density at radius 1 is 0.929 bits per heavy atom. The van der Waals surface area contributed by atoms with Crippen molar-refractivity contribution < 1.29 is 9.59 Å². The molecule has 0 heterocycles. The lowest BCUT2D eigenvalue weighted by atomic mass is 9.89. The van der Waals surface area contributed by atoms with Gasteiger partial charge in [-0.3, -0.25) is 20.4 Å². The van der Waals surface area contributed by atoms with Gasteiger partial charge in [-0.25, -0.2) is 0 Å². The summed E-state index contributed by atoms with van der Waals surface area (Å²) in [5, 5.41) is 3.80. The number of amides is 1. The number of hydrazine groups is 1. The molecule has 146 valence electrons. The molecule has 2 aromatic carbocycles. The van der Waals surface area contributed by atoms with E-state index >= 15 is 0 Å². The Morgan fingerprint density at radius 3 is 2.39 bits per heavy atom. The molecule has 7 heteroatoms. The number of thiocarbonyl (C=S) groups is 1. The maximum atomic E-state index is 12.4. The first-order chi connectivity index (χ1) is 13.5. The highest BCUT2D eigenvalue weighted by atomic mass is 35.5. The van der Waals surface area contributed by atoms with Gasteiger partial charge in [-0.1, -0.05) is 23.7 Å². The van der Waals surface area contributed by atoms with Crippen molar-refractivity contribution in [1.29, 1.82) is 0 Å². The Hall–Kier alpha value is -2.44. The van der Waals surface area contributed by atoms with E-state index in [4.69, 9.17) is 23.8 Å². The molecule has 0 spiro atoms. The van der Waals surface area contributed by atoms with E-state index in [1.807, 2.05) is 18.2 Å². The molecular formula is C21H22ClN3O2S. The zero-order valence-corrected chi connectivity index (χ0v) is 17.0. The number of anilines is 1. The predicted molar refractivity (Wildman–Crippen MR) is 116 cm³/mol. The number of fused-ring (bicyclic) bond motifs is 1. The summed E-state index contributed by atoms with van der Waals surface area (Å²) in [6.45, 7) is 0. The van der Waals surface area contributed by atoms with Crippen LogP contribution in [0.15, 0.2) is 42.5 Å². The Kier molecular flexibility index (Phi) is 7.01. The number of ketones is 1. The number of rotatable bonds is 5. The molecule has 28 heavy (non-hydrogen) atoms. The second-order valence-corrected chi connectivity index (χ2v) is 7.59. The van der Waals surface area contributed by atoms with Gasteiger partial charge in [0.2, 0.25) is 5.91 Å². The average Bonchev–Trinajstić information content (AvgIpc) is 2.71. The molecule has 0 unspecified atom stereocenters. The van der Waals surface area contributed by atoms with Crippen LogP contribution >= 0.6 is 23.8 Å². The Labute approximate surface area is 174 Å². The second-order valence-electron chi connectivity index (χ2n) is 6.75. The van der Waals surface area contributed by atoms with Crippen molar-refractivity contribution in [2.24, 2.45) is 0 Å². The lowest BCUT2D eigenvalue weighted by molar-refractivity contribution is -0.121. The van der Waals surface area contributed by atoms with Gasteiger partial charge in [0.05, 0.1) is 0 Å². The maximum absolute atomic E-state index is 12.4. The molecule has 0 aliphatic heterocycles. The molecule has 0 fully saturated rings. The van der Waals surface area contributed by atoms with E-state index in [0.717, 1.165) is 18.5 Å². The van der Waals surface area contributed by atoms with Gasteiger partial charge in [-0.15, -0.1) is 0 Å². The molecule has 5 nitrogen and oxygen atoms in total. The van der Waals surface area contributed by atoms with Crippen LogP contribution in [0.5, 0.6) is 0 Å². The Bertz CT molecular complexity index is 884. The first-order valence-corrected chi connectivity index (χ1v) is 10.1. The molecule has 0 atom stereocenters. The SMILES string of the molecule is O=C(CCC(=O)c1ccc2c(c1)CCCC2)NNC(=S)Nc1ccc(Cl)cc1. The van der Waals surface area contributed by atoms with Crippen LogP contribution < -0.4 is 16.2 Å². The molecule has 3 N–H and O–H groups in total. The summed E-state index contributed by atoms with van der Waals surface area (Å²) >= 11 is 10.9. The Balaban J connectivity index is 1.41. The number of aryl methyl sites for hydroxylation is 2. The summed E-state index contributed by atoms with van der Waals surface area (Å²) in [7, 11) is 0. The molecule has 0 aromatic heterocycles. The van der Waals surface area contributed by atoms with E-state index in [1.165, 1.54) is 24.0 Å². The third-order valence-electron chi connectivity index (χ3n) is 4.67. The quantitative estimate of drug-likeness (QED) is 0.388. The van der Waals surface area contributed by atoms with Gasteiger partial charge in [0.15, 0.2) is 10.9 Å². The number of carbonyl (C=O) groups is 2. The number of halogens is 1. The second kappa shape index (κ2) is 9.66. The van der Waals surface area contributed by atoms with Crippen molar-refractivity contribution in [3.63, 3.8) is 0 Å². The Morgan fingerprint density at radius 2 is 1.64 bits per heavy atom. The molecule has 1 aliphatic rings. The number of Topliss-reactive ketones (excluding diaryl/α,β-unsaturated/α-hetero) is 1. The number of nitrogens with one attached hydrogen (secondary N) is 3. The van der Waals surface area contributed by atoms with Crippen LogP contribution in [0, 0.1) is 0 Å². The molecule has 3 rings (SSSR count). The zero-order chi connectivity index (χ0) is 19.9. The highest BCUT2D eigenvalue weighted by Gasteiger charge is 2.14. The number of hydrogen-bond donors (Lipinski definition) is 3. The summed E-state index contributed by atoms with van der Waals surface area (Å²) in [5.74, 6) is -0.322. The van der Waals surface area contributed by atoms with Gasteiger partial charge in [0.25, 0.3) is 0 Å². The van der Waals surface area contributed by atoms with Gasteiger partial charge in [-0.2, -0.15) is 0 Å². The van der Waals surface area contributed by atoms with Crippen molar-refractivity contribution in [3.05, 3.63) is 64.2 Å². The van der Waals surface area contributed by atoms with E-state index in [0.29, 0.717) is 10.6 Å². The van der Waals surface area contributed by atoms with Gasteiger partial charge >= 0.3 is 0 Å². The summed E-state index contributed by atoms with van der Waals surface area (Å²) < 4.78 is 0. The normalized spacial score (nSPS) is 12.6. The molecular weight excluding hydrogens is 394 g/mol. The molecule has 0 saturated carbocycles. The van der Waals surface area contributed by atoms with Crippen LogP contribution in [0.1, 0.15) is 47.2 Å². The summed E-state index contributed by atoms with van der Waals surface area (Å²) in [6, 6.07) is 12.9. The minimum Gasteiger partial charge on any atom is -0.331 e. The monoisotopic (exact) mass is 415 g/mol. The predicted octanol–water partition coefficient (Wildman–Crippen LogP) is 4.20. The largest absolute Gasteiger partial charge is 0.331 e. The molecule has 0 radical (unpaired) electrons. The molecule has 1 aliphatic carbocycles. The summed E-state index contributed by atoms with van der Waals surface area (Å²) in [6.07, 6.45) is 4.74. The van der Waals surface area contributed by atoms with Crippen LogP contribution in [0.4, 0.5) is 5.69 Å². The van der Waals surface area contributed by atoms with Crippen molar-refractivity contribution in [3.8, 4) is 0 Å². The fourth-order valence-electron chi connectivity index (χ4n) is 3.16. The minimum atomic E-state index is -0.299. The van der Waals surface area contributed by atoms with E-state index < -0.39 is 0 Å². The lowest BCUT2D eigenvalue weighted by Gasteiger charge is -2.16. The lowest BCUT2D eigenvalue weighted by Crippen LogP contribution is -2.43. The standard InChI is InChI=1S/C21H22ClN3O2S/c22-17-7-9-18(10-8-17)23-21(28)25-24-20(27)12-11-19(26)16-6-5-14-3-1-2-4-15(14)13-16/h5-10,13H,1-4,11-12H2,(H,24,27)(H2,23,25,28). The maximum Gasteiger partial charge on any atom is 0.238 e. The summed E-state index contributed by atoms with van der Waals surface area (Å²) in [5.41, 5.74) is 9.16. The van der Waals surface area contributed by atoms with E-state index in [-0.39, 0.29) is 29.6 Å². The van der Waals surface area contributed by atoms with Crippen molar-refractivity contribution >= 4 is 46.3 Å². The van der Waals surface area contributed by atoms with Crippen LogP contribution in [0.2, 0.25) is 5.02 Å². The smallest absolute Gasteiger partial charge is 0.238 e. The number of benzene rings is 2. The third kappa shape index (κ3) is 5.78. The fraction of sp³-hybridized carbons (Fsp3) is 0.286. The number of carbonyl (C=O) groups excluding carboxylic acids is 2. The molecule has 0 saturated heterocycles. The highest BCUT2D eigenvalue weighted by Crippen LogP contribution is 2.23. The van der Waals surface area contributed by atoms with Gasteiger partial charge < -0.3 is 5.32 Å². The van der Waals surface area contributed by atoms with Gasteiger partial charge in [-0.05, 0) is 79.4 Å². The first-order valence-electron chi connectivity index (χ1n) is 9.27. The van der Waals surface area contributed by atoms with E-state index in [1.54, 1.807) is 24.3 Å². The minimum absolute atomic E-state index is 0.0228. The van der Waals surface area contributed by atoms with Crippen molar-refractivity contribution in [2.75, 3.05) is 5.32 Å². The van der Waals surface area contributed by atoms with E-state index in [2.05, 4.69) is 16.2 Å². The van der Waals surface area contributed by atoms with Crippen molar-refractivity contribution in [2.45, 2.75) is 38.5 Å². The molecule has 0 bridgehead atoms. The summed E-state index contributed by atoms with van der Waals surface area (Å²) in [4.78, 5) is 24.4. The average molecular weight is 416 g/mol. The van der Waals surface area contributed by atoms with Crippen molar-refractivity contribution in [1.82, 2.24) is 10.9 Å². The fourth-order valence-corrected chi connectivity index (χ4v) is 3.46. The third-order valence-corrected chi connectivity index (χ3v) is 5.12. The number of hydrogen-bond acceptors (Lipinski definition) is 3. The van der Waals surface area contributed by atoms with Crippen LogP contribution in [0.3, 0.4) is 0 Å². The van der Waals surface area contributed by atoms with Crippen LogP contribution in [0.25, 0.3) is 0 Å². The van der Waals surface area contributed by atoms with Gasteiger partial charge in [0, 0.05) is 29.1 Å².